The Labute approximate surface area is 277 Å². The van der Waals surface area contributed by atoms with Gasteiger partial charge < -0.3 is 35.3 Å². The van der Waals surface area contributed by atoms with E-state index < -0.39 is 47.0 Å². The number of nitrogens with one attached hydrogen (secondary N) is 3. The Bertz CT molecular complexity index is 1400. The Morgan fingerprint density at radius 2 is 1.62 bits per heavy atom. The van der Waals surface area contributed by atoms with Crippen molar-refractivity contribution in [2.24, 2.45) is 5.92 Å². The van der Waals surface area contributed by atoms with Gasteiger partial charge in [-0.1, -0.05) is 62.1 Å². The zero-order chi connectivity index (χ0) is 34.2. The van der Waals surface area contributed by atoms with E-state index in [4.69, 9.17) is 14.2 Å². The zero-order valence-electron chi connectivity index (χ0n) is 28.1. The van der Waals surface area contributed by atoms with Gasteiger partial charge in [-0.2, -0.15) is 0 Å². The highest BCUT2D eigenvalue weighted by Crippen LogP contribution is 2.34. The molecule has 11 heteroatoms. The van der Waals surface area contributed by atoms with Crippen molar-refractivity contribution in [3.8, 4) is 11.5 Å². The topological polar surface area (TPSA) is 156 Å². The summed E-state index contributed by atoms with van der Waals surface area (Å²) in [6, 6.07) is 12.1. The number of hydrogen-bond donors (Lipinski definition) is 4. The maximum atomic E-state index is 14.0. The lowest BCUT2D eigenvalue weighted by molar-refractivity contribution is -0.134. The number of methoxy groups -OCH3 is 1. The summed E-state index contributed by atoms with van der Waals surface area (Å²) in [7, 11) is 1.54. The van der Waals surface area contributed by atoms with Crippen LogP contribution in [-0.4, -0.2) is 71.7 Å². The Hall–Kier alpha value is -3.96. The normalized spacial score (nSPS) is 19.6. The van der Waals surface area contributed by atoms with Gasteiger partial charge in [0.05, 0.1) is 31.8 Å². The molecule has 4 atom stereocenters. The minimum Gasteiger partial charge on any atom is -0.493 e. The minimum absolute atomic E-state index is 0.0751. The van der Waals surface area contributed by atoms with Gasteiger partial charge in [-0.3, -0.25) is 19.2 Å². The van der Waals surface area contributed by atoms with Crippen LogP contribution in [-0.2, 0) is 36.9 Å². The minimum atomic E-state index is -1.25. The standard InChI is InChI=1S/C36H49N3O8/c1-23(37-31(40)20-35(2,3)44)33(42)39-28(34(43)38-27(17-24-11-9-10-12-24)32(41)36(4)22-47-36)18-26-15-16-29(45-5)30(19-26)46-21-25-13-7-6-8-14-25/h6-8,13-16,19,23-24,27-28,44H,9-12,17-18,20-22H2,1-5H3,(H,37,40)(H,38,43)(H,39,42). The summed E-state index contributed by atoms with van der Waals surface area (Å²) in [5.41, 5.74) is -0.518. The first-order valence-electron chi connectivity index (χ1n) is 16.4. The second kappa shape index (κ2) is 15.8. The van der Waals surface area contributed by atoms with E-state index in [1.165, 1.54) is 20.8 Å². The van der Waals surface area contributed by atoms with E-state index >= 15 is 0 Å². The van der Waals surface area contributed by atoms with Crippen molar-refractivity contribution in [3.63, 3.8) is 0 Å². The van der Waals surface area contributed by atoms with Gasteiger partial charge in [0.1, 0.15) is 24.3 Å². The molecule has 11 nitrogen and oxygen atoms in total. The number of aliphatic hydroxyl groups is 1. The summed E-state index contributed by atoms with van der Waals surface area (Å²) in [6.07, 6.45) is 4.56. The van der Waals surface area contributed by atoms with Gasteiger partial charge in [0.25, 0.3) is 0 Å². The molecule has 2 aliphatic rings. The Morgan fingerprint density at radius 3 is 2.23 bits per heavy atom. The van der Waals surface area contributed by atoms with Crippen molar-refractivity contribution >= 4 is 23.5 Å². The van der Waals surface area contributed by atoms with Crippen LogP contribution in [0, 0.1) is 5.92 Å². The van der Waals surface area contributed by atoms with Crippen LogP contribution < -0.4 is 25.4 Å². The number of benzene rings is 2. The highest BCUT2D eigenvalue weighted by atomic mass is 16.6. The van der Waals surface area contributed by atoms with Crippen LogP contribution in [0.15, 0.2) is 48.5 Å². The Kier molecular flexibility index (Phi) is 12.0. The summed E-state index contributed by atoms with van der Waals surface area (Å²) >= 11 is 0. The van der Waals surface area contributed by atoms with Crippen LogP contribution in [0.2, 0.25) is 0 Å². The molecule has 3 amide bonds. The predicted molar refractivity (Wildman–Crippen MR) is 176 cm³/mol. The number of epoxide rings is 1. The largest absolute Gasteiger partial charge is 0.493 e. The molecule has 47 heavy (non-hydrogen) atoms. The number of carbonyl (C=O) groups excluding carboxylic acids is 4. The molecule has 4 rings (SSSR count). The lowest BCUT2D eigenvalue weighted by atomic mass is 9.90. The second-order valence-electron chi connectivity index (χ2n) is 13.6. The maximum absolute atomic E-state index is 14.0. The number of rotatable bonds is 17. The molecule has 1 heterocycles. The predicted octanol–water partition coefficient (Wildman–Crippen LogP) is 3.39. The average Bonchev–Trinajstić information content (AvgIpc) is 3.56. The van der Waals surface area contributed by atoms with E-state index in [0.29, 0.717) is 42.6 Å². The van der Waals surface area contributed by atoms with Crippen LogP contribution in [0.1, 0.15) is 77.3 Å². The van der Waals surface area contributed by atoms with Gasteiger partial charge in [-0.25, -0.2) is 0 Å². The molecule has 2 aromatic carbocycles. The third-order valence-electron chi connectivity index (χ3n) is 8.68. The molecule has 0 aromatic heterocycles. The molecule has 1 saturated heterocycles. The van der Waals surface area contributed by atoms with Crippen LogP contribution in [0.4, 0.5) is 0 Å². The summed E-state index contributed by atoms with van der Waals surface area (Å²) < 4.78 is 17.0. The molecule has 2 aromatic rings. The van der Waals surface area contributed by atoms with Crippen LogP contribution in [0.25, 0.3) is 0 Å². The van der Waals surface area contributed by atoms with Crippen molar-refractivity contribution in [3.05, 3.63) is 59.7 Å². The molecule has 256 valence electrons. The first-order chi connectivity index (χ1) is 22.3. The molecule has 0 radical (unpaired) electrons. The van der Waals surface area contributed by atoms with E-state index in [1.54, 1.807) is 32.2 Å². The fraction of sp³-hybridized carbons (Fsp3) is 0.556. The first-order valence-corrected chi connectivity index (χ1v) is 16.4. The molecular weight excluding hydrogens is 602 g/mol. The Balaban J connectivity index is 1.54. The average molecular weight is 652 g/mol. The summed E-state index contributed by atoms with van der Waals surface area (Å²) in [6.45, 7) is 6.85. The van der Waals surface area contributed by atoms with Gasteiger partial charge in [0.15, 0.2) is 17.3 Å². The fourth-order valence-corrected chi connectivity index (χ4v) is 5.89. The number of ketones is 1. The van der Waals surface area contributed by atoms with E-state index in [9.17, 15) is 24.3 Å². The molecule has 4 N–H and O–H groups in total. The molecule has 0 bridgehead atoms. The summed E-state index contributed by atoms with van der Waals surface area (Å²) in [5, 5.41) is 18.3. The van der Waals surface area contributed by atoms with Crippen molar-refractivity contribution in [1.29, 1.82) is 0 Å². The Morgan fingerprint density at radius 1 is 0.957 bits per heavy atom. The van der Waals surface area contributed by atoms with Crippen LogP contribution in [0.3, 0.4) is 0 Å². The van der Waals surface area contributed by atoms with Gasteiger partial charge in [0, 0.05) is 6.42 Å². The molecule has 4 unspecified atom stereocenters. The van der Waals surface area contributed by atoms with Gasteiger partial charge in [-0.05, 0) is 63.3 Å². The lowest BCUT2D eigenvalue weighted by Gasteiger charge is -2.27. The fourth-order valence-electron chi connectivity index (χ4n) is 5.89. The molecule has 2 fully saturated rings. The van der Waals surface area contributed by atoms with E-state index in [0.717, 1.165) is 31.2 Å². The van der Waals surface area contributed by atoms with Crippen molar-refractivity contribution in [1.82, 2.24) is 16.0 Å². The molecule has 1 aliphatic carbocycles. The number of ether oxygens (including phenoxy) is 3. The number of amides is 3. The van der Waals surface area contributed by atoms with E-state index in [2.05, 4.69) is 16.0 Å². The number of carbonyl (C=O) groups is 4. The lowest BCUT2D eigenvalue weighted by Crippen LogP contribution is -2.57. The first kappa shape index (κ1) is 35.9. The highest BCUT2D eigenvalue weighted by Gasteiger charge is 2.50. The summed E-state index contributed by atoms with van der Waals surface area (Å²) in [5.74, 6) is -0.474. The van der Waals surface area contributed by atoms with Gasteiger partial charge in [0.2, 0.25) is 17.7 Å². The quantitative estimate of drug-likeness (QED) is 0.190. The molecule has 1 saturated carbocycles. The van der Waals surface area contributed by atoms with Gasteiger partial charge in [-0.15, -0.1) is 0 Å². The highest BCUT2D eigenvalue weighted by molar-refractivity contribution is 5.98. The van der Waals surface area contributed by atoms with E-state index in [-0.39, 0.29) is 18.6 Å². The van der Waals surface area contributed by atoms with Crippen molar-refractivity contribution < 1.29 is 38.5 Å². The SMILES string of the molecule is COc1ccc(CC(NC(=O)C(C)NC(=O)CC(C)(C)O)C(=O)NC(CC2CCCC2)C(=O)C2(C)CO2)cc1OCc1ccccc1. The third kappa shape index (κ3) is 10.8. The zero-order valence-corrected chi connectivity index (χ0v) is 28.1. The van der Waals surface area contributed by atoms with Gasteiger partial charge >= 0.3 is 0 Å². The molecule has 1 aliphatic heterocycles. The molecular formula is C36H49N3O8. The van der Waals surface area contributed by atoms with Crippen molar-refractivity contribution in [2.75, 3.05) is 13.7 Å². The molecule has 0 spiro atoms. The number of Topliss-reactive ketones (excluding diaryl/α,β-unsaturated/α-hetero) is 1. The van der Waals surface area contributed by atoms with Crippen LogP contribution >= 0.6 is 0 Å². The second-order valence-corrected chi connectivity index (χ2v) is 13.6. The number of hydrogen-bond acceptors (Lipinski definition) is 8. The third-order valence-corrected chi connectivity index (χ3v) is 8.68. The monoisotopic (exact) mass is 651 g/mol. The summed E-state index contributed by atoms with van der Waals surface area (Å²) in [4.78, 5) is 53.2. The maximum Gasteiger partial charge on any atom is 0.243 e. The smallest absolute Gasteiger partial charge is 0.243 e. The van der Waals surface area contributed by atoms with Crippen molar-refractivity contribution in [2.45, 2.75) is 109 Å². The van der Waals surface area contributed by atoms with E-state index in [1.807, 2.05) is 30.3 Å². The van der Waals surface area contributed by atoms with Crippen LogP contribution in [0.5, 0.6) is 11.5 Å².